The molecule has 1 aromatic carbocycles. The molecule has 0 bridgehead atoms. The van der Waals surface area contributed by atoms with E-state index in [1.165, 1.54) is 18.2 Å². The normalized spacial score (nSPS) is 8.57. The van der Waals surface area contributed by atoms with E-state index in [1.54, 1.807) is 18.2 Å². The SMILES string of the molecule is N#CC(C#N)=Cc1ccc(F)c(I)c1. The fourth-order valence-electron chi connectivity index (χ4n) is 0.858. The molecule has 1 aromatic rings. The number of benzene rings is 1. The van der Waals surface area contributed by atoms with E-state index < -0.39 is 0 Å². The van der Waals surface area contributed by atoms with Gasteiger partial charge in [0.05, 0.1) is 0 Å². The topological polar surface area (TPSA) is 47.6 Å². The lowest BCUT2D eigenvalue weighted by molar-refractivity contribution is 0.620. The predicted molar refractivity (Wildman–Crippen MR) is 58.3 cm³/mol. The van der Waals surface area contributed by atoms with E-state index >= 15 is 0 Å². The standard InChI is InChI=1S/C10H4FIN2/c11-9-2-1-7(4-10(9)12)3-8(5-13)6-14/h1-4H. The van der Waals surface area contributed by atoms with Crippen LogP contribution in [0, 0.1) is 32.0 Å². The van der Waals surface area contributed by atoms with Gasteiger partial charge in [-0.15, -0.1) is 0 Å². The molecule has 0 heterocycles. The first-order valence-electron chi connectivity index (χ1n) is 3.64. The zero-order valence-corrected chi connectivity index (χ0v) is 9.12. The number of nitrogens with zero attached hydrogens (tertiary/aromatic N) is 2. The first kappa shape index (κ1) is 10.7. The average Bonchev–Trinajstić information content (AvgIpc) is 2.19. The minimum absolute atomic E-state index is 0.00686. The Balaban J connectivity index is 3.13. The van der Waals surface area contributed by atoms with E-state index in [-0.39, 0.29) is 11.4 Å². The highest BCUT2D eigenvalue weighted by atomic mass is 127. The van der Waals surface area contributed by atoms with Crippen molar-refractivity contribution in [1.29, 1.82) is 10.5 Å². The Morgan fingerprint density at radius 3 is 2.50 bits per heavy atom. The molecule has 0 saturated carbocycles. The summed E-state index contributed by atoms with van der Waals surface area (Å²) >= 11 is 1.85. The van der Waals surface area contributed by atoms with Crippen LogP contribution in [0.1, 0.15) is 5.56 Å². The molecule has 0 aliphatic carbocycles. The molecule has 68 valence electrons. The lowest BCUT2D eigenvalue weighted by Gasteiger charge is -1.96. The van der Waals surface area contributed by atoms with Gasteiger partial charge in [-0.25, -0.2) is 4.39 Å². The summed E-state index contributed by atoms with van der Waals surface area (Å²) in [4.78, 5) is 0. The van der Waals surface area contributed by atoms with Gasteiger partial charge in [-0.05, 0) is 46.4 Å². The third-order valence-electron chi connectivity index (χ3n) is 1.50. The zero-order valence-electron chi connectivity index (χ0n) is 6.96. The first-order valence-corrected chi connectivity index (χ1v) is 4.72. The van der Waals surface area contributed by atoms with Crippen molar-refractivity contribution in [2.24, 2.45) is 0 Å². The lowest BCUT2D eigenvalue weighted by Crippen LogP contribution is -1.83. The Morgan fingerprint density at radius 2 is 2.00 bits per heavy atom. The molecule has 0 spiro atoms. The first-order chi connectivity index (χ1) is 6.67. The Kier molecular flexibility index (Phi) is 3.61. The van der Waals surface area contributed by atoms with Gasteiger partial charge in [-0.3, -0.25) is 0 Å². The van der Waals surface area contributed by atoms with Crippen molar-refractivity contribution in [2.75, 3.05) is 0 Å². The van der Waals surface area contributed by atoms with Gasteiger partial charge in [0.1, 0.15) is 23.5 Å². The van der Waals surface area contributed by atoms with E-state index in [4.69, 9.17) is 10.5 Å². The molecule has 0 atom stereocenters. The Hall–Kier alpha value is -1.40. The van der Waals surface area contributed by atoms with Crippen LogP contribution >= 0.6 is 22.6 Å². The van der Waals surface area contributed by atoms with Crippen LogP contribution in [0.4, 0.5) is 4.39 Å². The molecule has 0 unspecified atom stereocenters. The number of hydrogen-bond acceptors (Lipinski definition) is 2. The Morgan fingerprint density at radius 1 is 1.36 bits per heavy atom. The zero-order chi connectivity index (χ0) is 10.6. The minimum Gasteiger partial charge on any atom is -0.206 e. The summed E-state index contributed by atoms with van der Waals surface area (Å²) < 4.78 is 13.3. The Labute approximate surface area is 94.4 Å². The second-order valence-corrected chi connectivity index (χ2v) is 3.62. The maximum Gasteiger partial charge on any atom is 0.136 e. The monoisotopic (exact) mass is 298 g/mol. The molecule has 0 amide bonds. The summed E-state index contributed by atoms with van der Waals surface area (Å²) in [5, 5.41) is 17.0. The fourth-order valence-corrected chi connectivity index (χ4v) is 1.40. The van der Waals surface area contributed by atoms with Crippen LogP contribution < -0.4 is 0 Å². The number of nitriles is 2. The minimum atomic E-state index is -0.307. The molecule has 0 radical (unpaired) electrons. The van der Waals surface area contributed by atoms with E-state index in [0.717, 1.165) is 0 Å². The largest absolute Gasteiger partial charge is 0.206 e. The van der Waals surface area contributed by atoms with E-state index in [2.05, 4.69) is 0 Å². The van der Waals surface area contributed by atoms with Crippen molar-refractivity contribution in [3.63, 3.8) is 0 Å². The molecular formula is C10H4FIN2. The third kappa shape index (κ3) is 2.54. The van der Waals surface area contributed by atoms with Gasteiger partial charge in [0.2, 0.25) is 0 Å². The quantitative estimate of drug-likeness (QED) is 0.591. The summed E-state index contributed by atoms with van der Waals surface area (Å²) in [6.45, 7) is 0. The smallest absolute Gasteiger partial charge is 0.136 e. The molecule has 1 rings (SSSR count). The summed E-state index contributed by atoms with van der Waals surface area (Å²) in [7, 11) is 0. The van der Waals surface area contributed by atoms with Crippen molar-refractivity contribution in [3.8, 4) is 12.1 Å². The predicted octanol–water partition coefficient (Wildman–Crippen LogP) is 2.86. The molecular weight excluding hydrogens is 294 g/mol. The van der Waals surface area contributed by atoms with Gasteiger partial charge in [-0.2, -0.15) is 10.5 Å². The van der Waals surface area contributed by atoms with Crippen molar-refractivity contribution < 1.29 is 4.39 Å². The van der Waals surface area contributed by atoms with E-state index in [9.17, 15) is 4.39 Å². The number of hydrogen-bond donors (Lipinski definition) is 0. The second kappa shape index (κ2) is 4.73. The molecule has 0 fully saturated rings. The van der Waals surface area contributed by atoms with Gasteiger partial charge in [0.15, 0.2) is 0 Å². The summed E-state index contributed by atoms with van der Waals surface area (Å²) in [5.41, 5.74) is 0.654. The summed E-state index contributed by atoms with van der Waals surface area (Å²) in [5.74, 6) is -0.307. The van der Waals surface area contributed by atoms with Gasteiger partial charge < -0.3 is 0 Å². The molecule has 0 aromatic heterocycles. The van der Waals surface area contributed by atoms with Gasteiger partial charge in [0, 0.05) is 3.57 Å². The molecule has 0 saturated heterocycles. The summed E-state index contributed by atoms with van der Waals surface area (Å²) in [6.07, 6.45) is 1.42. The van der Waals surface area contributed by atoms with Crippen LogP contribution in [0.3, 0.4) is 0 Å². The number of rotatable bonds is 1. The van der Waals surface area contributed by atoms with Crippen molar-refractivity contribution in [1.82, 2.24) is 0 Å². The van der Waals surface area contributed by atoms with Gasteiger partial charge in [-0.1, -0.05) is 6.07 Å². The van der Waals surface area contributed by atoms with Gasteiger partial charge in [0.25, 0.3) is 0 Å². The molecule has 0 aliphatic rings. The van der Waals surface area contributed by atoms with E-state index in [0.29, 0.717) is 9.13 Å². The van der Waals surface area contributed by atoms with Crippen molar-refractivity contribution in [2.45, 2.75) is 0 Å². The number of halogens is 2. The Bertz CT molecular complexity index is 450. The highest BCUT2D eigenvalue weighted by molar-refractivity contribution is 14.1. The molecule has 14 heavy (non-hydrogen) atoms. The second-order valence-electron chi connectivity index (χ2n) is 2.46. The van der Waals surface area contributed by atoms with Crippen LogP contribution in [0.2, 0.25) is 0 Å². The van der Waals surface area contributed by atoms with Crippen molar-refractivity contribution >= 4 is 28.7 Å². The highest BCUT2D eigenvalue weighted by Gasteiger charge is 1.99. The van der Waals surface area contributed by atoms with Gasteiger partial charge >= 0.3 is 0 Å². The van der Waals surface area contributed by atoms with Crippen LogP contribution in [-0.4, -0.2) is 0 Å². The molecule has 0 N–H and O–H groups in total. The average molecular weight is 298 g/mol. The number of allylic oxidation sites excluding steroid dienone is 1. The maximum absolute atomic E-state index is 12.8. The van der Waals surface area contributed by atoms with Crippen LogP contribution in [0.15, 0.2) is 23.8 Å². The van der Waals surface area contributed by atoms with Crippen LogP contribution in [0.25, 0.3) is 6.08 Å². The van der Waals surface area contributed by atoms with E-state index in [1.807, 2.05) is 22.6 Å². The lowest BCUT2D eigenvalue weighted by atomic mass is 10.1. The fraction of sp³-hybridized carbons (Fsp3) is 0. The molecule has 0 aliphatic heterocycles. The van der Waals surface area contributed by atoms with Crippen LogP contribution in [-0.2, 0) is 0 Å². The van der Waals surface area contributed by atoms with Crippen LogP contribution in [0.5, 0.6) is 0 Å². The maximum atomic E-state index is 12.8. The highest BCUT2D eigenvalue weighted by Crippen LogP contribution is 2.14. The third-order valence-corrected chi connectivity index (χ3v) is 2.32. The molecule has 4 heteroatoms. The molecule has 2 nitrogen and oxygen atoms in total. The summed E-state index contributed by atoms with van der Waals surface area (Å²) in [6, 6.07) is 7.88. The van der Waals surface area contributed by atoms with Crippen molar-refractivity contribution in [3.05, 3.63) is 38.7 Å².